The minimum atomic E-state index is 0.0261. The number of likely N-dealkylation sites (tertiary alicyclic amines) is 1. The molecule has 1 unspecified atom stereocenters. The van der Waals surface area contributed by atoms with Gasteiger partial charge >= 0.3 is 0 Å². The van der Waals surface area contributed by atoms with Crippen LogP contribution in [-0.2, 0) is 9.59 Å². The number of carbonyl (C=O) groups is 2. The predicted octanol–water partition coefficient (Wildman–Crippen LogP) is 1.04. The molecule has 2 saturated heterocycles. The molecule has 5 heteroatoms. The van der Waals surface area contributed by atoms with E-state index < -0.39 is 0 Å². The van der Waals surface area contributed by atoms with E-state index in [1.54, 1.807) is 6.92 Å². The third-order valence-corrected chi connectivity index (χ3v) is 4.37. The van der Waals surface area contributed by atoms with Gasteiger partial charge in [-0.3, -0.25) is 9.59 Å². The predicted molar refractivity (Wildman–Crippen MR) is 78.3 cm³/mol. The summed E-state index contributed by atoms with van der Waals surface area (Å²) in [6.07, 6.45) is 7.14. The lowest BCUT2D eigenvalue weighted by Gasteiger charge is -2.33. The van der Waals surface area contributed by atoms with E-state index in [1.807, 2.05) is 4.90 Å². The maximum absolute atomic E-state index is 12.2. The van der Waals surface area contributed by atoms with Crippen LogP contribution in [0.5, 0.6) is 0 Å². The second-order valence-electron chi connectivity index (χ2n) is 6.04. The summed E-state index contributed by atoms with van der Waals surface area (Å²) >= 11 is 0. The van der Waals surface area contributed by atoms with Crippen molar-refractivity contribution in [1.82, 2.24) is 15.5 Å². The Morgan fingerprint density at radius 1 is 1.20 bits per heavy atom. The first-order chi connectivity index (χ1) is 9.65. The summed E-state index contributed by atoms with van der Waals surface area (Å²) in [4.78, 5) is 25.1. The van der Waals surface area contributed by atoms with E-state index >= 15 is 0 Å². The molecule has 2 heterocycles. The van der Waals surface area contributed by atoms with Gasteiger partial charge in [-0.1, -0.05) is 6.42 Å². The normalized spacial score (nSPS) is 24.4. The van der Waals surface area contributed by atoms with Crippen molar-refractivity contribution in [3.8, 4) is 0 Å². The van der Waals surface area contributed by atoms with Crippen molar-refractivity contribution >= 4 is 11.8 Å². The van der Waals surface area contributed by atoms with Crippen molar-refractivity contribution in [2.75, 3.05) is 19.6 Å². The number of carbonyl (C=O) groups excluding carboxylic acids is 2. The number of piperidine rings is 2. The van der Waals surface area contributed by atoms with Crippen molar-refractivity contribution < 1.29 is 9.59 Å². The third-order valence-electron chi connectivity index (χ3n) is 4.37. The smallest absolute Gasteiger partial charge is 0.222 e. The topological polar surface area (TPSA) is 61.4 Å². The van der Waals surface area contributed by atoms with Gasteiger partial charge in [0.1, 0.15) is 0 Å². The number of rotatable bonds is 4. The lowest BCUT2D eigenvalue weighted by molar-refractivity contribution is -0.132. The Balaban J connectivity index is 1.65. The van der Waals surface area contributed by atoms with E-state index in [2.05, 4.69) is 10.6 Å². The van der Waals surface area contributed by atoms with Crippen LogP contribution in [0.3, 0.4) is 0 Å². The molecule has 0 radical (unpaired) electrons. The van der Waals surface area contributed by atoms with Crippen molar-refractivity contribution in [1.29, 1.82) is 0 Å². The maximum atomic E-state index is 12.2. The molecule has 2 amide bonds. The molecule has 0 aliphatic carbocycles. The van der Waals surface area contributed by atoms with Crippen LogP contribution in [0.1, 0.15) is 51.9 Å². The van der Waals surface area contributed by atoms with Gasteiger partial charge in [0, 0.05) is 38.5 Å². The quantitative estimate of drug-likeness (QED) is 0.809. The highest BCUT2D eigenvalue weighted by Crippen LogP contribution is 2.15. The largest absolute Gasteiger partial charge is 0.353 e. The van der Waals surface area contributed by atoms with Gasteiger partial charge in [0.05, 0.1) is 0 Å². The first kappa shape index (κ1) is 15.3. The Morgan fingerprint density at radius 2 is 1.95 bits per heavy atom. The van der Waals surface area contributed by atoms with Crippen LogP contribution in [0.15, 0.2) is 0 Å². The summed E-state index contributed by atoms with van der Waals surface area (Å²) in [5.74, 6) is 0.303. The SMILES string of the molecule is CC(=O)NC1CCN(C(=O)CCC2CCCCN2)CC1. The lowest BCUT2D eigenvalue weighted by Crippen LogP contribution is -2.46. The average molecular weight is 281 g/mol. The fourth-order valence-electron chi connectivity index (χ4n) is 3.19. The number of hydrogen-bond donors (Lipinski definition) is 2. The molecule has 1 atom stereocenters. The summed E-state index contributed by atoms with van der Waals surface area (Å²) in [5, 5.41) is 6.43. The van der Waals surface area contributed by atoms with Gasteiger partial charge in [-0.15, -0.1) is 0 Å². The number of amides is 2. The summed E-state index contributed by atoms with van der Waals surface area (Å²) in [7, 11) is 0. The minimum Gasteiger partial charge on any atom is -0.353 e. The molecule has 0 aromatic carbocycles. The molecule has 0 spiro atoms. The number of nitrogens with one attached hydrogen (secondary N) is 2. The van der Waals surface area contributed by atoms with Crippen LogP contribution in [0.25, 0.3) is 0 Å². The highest BCUT2D eigenvalue weighted by atomic mass is 16.2. The molecule has 2 fully saturated rings. The first-order valence-electron chi connectivity index (χ1n) is 7.93. The van der Waals surface area contributed by atoms with Crippen molar-refractivity contribution in [2.24, 2.45) is 0 Å². The molecule has 0 bridgehead atoms. The zero-order chi connectivity index (χ0) is 14.4. The molecule has 114 valence electrons. The van der Waals surface area contributed by atoms with E-state index in [-0.39, 0.29) is 17.9 Å². The van der Waals surface area contributed by atoms with Crippen LogP contribution >= 0.6 is 0 Å². The van der Waals surface area contributed by atoms with E-state index in [0.29, 0.717) is 12.5 Å². The van der Waals surface area contributed by atoms with Gasteiger partial charge in [-0.05, 0) is 38.6 Å². The molecule has 2 N–H and O–H groups in total. The first-order valence-corrected chi connectivity index (χ1v) is 7.93. The van der Waals surface area contributed by atoms with E-state index in [4.69, 9.17) is 0 Å². The Morgan fingerprint density at radius 3 is 2.55 bits per heavy atom. The third kappa shape index (κ3) is 4.78. The fraction of sp³-hybridized carbons (Fsp3) is 0.867. The Kier molecular flexibility index (Phi) is 5.83. The van der Waals surface area contributed by atoms with Crippen LogP contribution in [0.4, 0.5) is 0 Å². The molecule has 2 aliphatic rings. The zero-order valence-electron chi connectivity index (χ0n) is 12.5. The lowest BCUT2D eigenvalue weighted by atomic mass is 9.99. The molecule has 0 aromatic rings. The highest BCUT2D eigenvalue weighted by molar-refractivity contribution is 5.76. The molecule has 2 rings (SSSR count). The van der Waals surface area contributed by atoms with Crippen molar-refractivity contribution in [3.63, 3.8) is 0 Å². The molecule has 20 heavy (non-hydrogen) atoms. The fourth-order valence-corrected chi connectivity index (χ4v) is 3.19. The van der Waals surface area contributed by atoms with Gasteiger partial charge in [-0.25, -0.2) is 0 Å². The zero-order valence-corrected chi connectivity index (χ0v) is 12.5. The van der Waals surface area contributed by atoms with Crippen LogP contribution in [0, 0.1) is 0 Å². The summed E-state index contributed by atoms with van der Waals surface area (Å²) in [6, 6.07) is 0.779. The summed E-state index contributed by atoms with van der Waals surface area (Å²) in [5.41, 5.74) is 0. The van der Waals surface area contributed by atoms with E-state index in [0.717, 1.165) is 38.9 Å². The molecule has 5 nitrogen and oxygen atoms in total. The van der Waals surface area contributed by atoms with E-state index in [1.165, 1.54) is 19.3 Å². The number of hydrogen-bond acceptors (Lipinski definition) is 3. The van der Waals surface area contributed by atoms with Gasteiger partial charge in [0.25, 0.3) is 0 Å². The highest BCUT2D eigenvalue weighted by Gasteiger charge is 2.23. The second kappa shape index (κ2) is 7.62. The average Bonchev–Trinajstić information content (AvgIpc) is 2.46. The Hall–Kier alpha value is -1.10. The monoisotopic (exact) mass is 281 g/mol. The molecular formula is C15H27N3O2. The van der Waals surface area contributed by atoms with Gasteiger partial charge in [0.15, 0.2) is 0 Å². The van der Waals surface area contributed by atoms with Crippen LogP contribution in [0.2, 0.25) is 0 Å². The van der Waals surface area contributed by atoms with Gasteiger partial charge in [0.2, 0.25) is 11.8 Å². The standard InChI is InChI=1S/C15H27N3O2/c1-12(19)17-14-7-10-18(11-8-14)15(20)6-5-13-4-2-3-9-16-13/h13-14,16H,2-11H2,1H3,(H,17,19). The Labute approximate surface area is 121 Å². The van der Waals surface area contributed by atoms with E-state index in [9.17, 15) is 9.59 Å². The van der Waals surface area contributed by atoms with Crippen LogP contribution < -0.4 is 10.6 Å². The Bertz CT molecular complexity index is 332. The second-order valence-corrected chi connectivity index (χ2v) is 6.04. The summed E-state index contributed by atoms with van der Waals surface area (Å²) in [6.45, 7) is 4.21. The maximum Gasteiger partial charge on any atom is 0.222 e. The molecule has 2 aliphatic heterocycles. The van der Waals surface area contributed by atoms with Gasteiger partial charge < -0.3 is 15.5 Å². The van der Waals surface area contributed by atoms with Gasteiger partial charge in [-0.2, -0.15) is 0 Å². The van der Waals surface area contributed by atoms with Crippen LogP contribution in [-0.4, -0.2) is 48.4 Å². The van der Waals surface area contributed by atoms with Crippen molar-refractivity contribution in [2.45, 2.75) is 64.0 Å². The van der Waals surface area contributed by atoms with Crippen molar-refractivity contribution in [3.05, 3.63) is 0 Å². The summed E-state index contributed by atoms with van der Waals surface area (Å²) < 4.78 is 0. The molecule has 0 saturated carbocycles. The minimum absolute atomic E-state index is 0.0261. The molecular weight excluding hydrogens is 254 g/mol. The molecule has 0 aromatic heterocycles. The number of nitrogens with zero attached hydrogens (tertiary/aromatic N) is 1.